The molecule has 0 saturated carbocycles. The van der Waals surface area contributed by atoms with E-state index in [1.165, 1.54) is 11.3 Å². The van der Waals surface area contributed by atoms with Crippen molar-refractivity contribution in [3.05, 3.63) is 28.5 Å². The Morgan fingerprint density at radius 3 is 3.10 bits per heavy atom. The van der Waals surface area contributed by atoms with Crippen molar-refractivity contribution in [1.82, 2.24) is 20.1 Å². The predicted octanol–water partition coefficient (Wildman–Crippen LogP) is 2.20. The number of carbonyl (C=O) groups is 1. The number of aromatic nitrogens is 3. The lowest BCUT2D eigenvalue weighted by Crippen LogP contribution is -2.39. The summed E-state index contributed by atoms with van der Waals surface area (Å²) in [4.78, 5) is 19.5. The van der Waals surface area contributed by atoms with Crippen LogP contribution in [0.5, 0.6) is 5.19 Å². The van der Waals surface area contributed by atoms with Crippen LogP contribution in [-0.4, -0.2) is 46.2 Å². The molecule has 0 bridgehead atoms. The molecule has 0 radical (unpaired) electrons. The van der Waals surface area contributed by atoms with E-state index in [0.717, 1.165) is 37.3 Å². The van der Waals surface area contributed by atoms with E-state index >= 15 is 0 Å². The van der Waals surface area contributed by atoms with E-state index in [1.807, 2.05) is 17.9 Å². The molecular formula is C14H18N4O2S. The highest BCUT2D eigenvalue weighted by Crippen LogP contribution is 2.30. The van der Waals surface area contributed by atoms with E-state index in [0.29, 0.717) is 16.0 Å². The number of amides is 1. The van der Waals surface area contributed by atoms with E-state index in [9.17, 15) is 4.79 Å². The number of hydrogen-bond acceptors (Lipinski definition) is 5. The number of nitrogens with one attached hydrogen (secondary N) is 1. The number of hydrogen-bond donors (Lipinski definition) is 1. The summed E-state index contributed by atoms with van der Waals surface area (Å²) in [6.45, 7) is 3.37. The minimum absolute atomic E-state index is 0.0533. The molecule has 1 aliphatic heterocycles. The molecule has 1 aliphatic rings. The van der Waals surface area contributed by atoms with Crippen LogP contribution in [0.2, 0.25) is 0 Å². The first-order valence-electron chi connectivity index (χ1n) is 6.99. The Kier molecular flexibility index (Phi) is 3.92. The Morgan fingerprint density at radius 1 is 1.57 bits per heavy atom. The molecule has 0 aromatic carbocycles. The zero-order chi connectivity index (χ0) is 14.8. The molecule has 0 aliphatic carbocycles. The smallest absolute Gasteiger partial charge is 0.273 e. The van der Waals surface area contributed by atoms with Crippen molar-refractivity contribution in [3.63, 3.8) is 0 Å². The van der Waals surface area contributed by atoms with Crippen LogP contribution in [-0.2, 0) is 0 Å². The molecule has 1 fully saturated rings. The molecule has 1 saturated heterocycles. The van der Waals surface area contributed by atoms with Crippen LogP contribution in [0.15, 0.2) is 12.3 Å². The maximum Gasteiger partial charge on any atom is 0.273 e. The normalized spacial score (nSPS) is 18.8. The third-order valence-electron chi connectivity index (χ3n) is 3.82. The van der Waals surface area contributed by atoms with E-state index in [-0.39, 0.29) is 5.91 Å². The number of piperidine rings is 1. The van der Waals surface area contributed by atoms with Gasteiger partial charge >= 0.3 is 0 Å². The van der Waals surface area contributed by atoms with Gasteiger partial charge in [-0.2, -0.15) is 5.10 Å². The average molecular weight is 306 g/mol. The zero-order valence-electron chi connectivity index (χ0n) is 12.1. The monoisotopic (exact) mass is 306 g/mol. The highest BCUT2D eigenvalue weighted by molar-refractivity contribution is 7.15. The summed E-state index contributed by atoms with van der Waals surface area (Å²) in [5, 5.41) is 7.55. The van der Waals surface area contributed by atoms with Crippen LogP contribution in [0.3, 0.4) is 0 Å². The number of carbonyl (C=O) groups excluding carboxylic acids is 1. The van der Waals surface area contributed by atoms with Crippen molar-refractivity contribution >= 4 is 17.2 Å². The Morgan fingerprint density at radius 2 is 2.43 bits per heavy atom. The van der Waals surface area contributed by atoms with Crippen LogP contribution in [0.25, 0.3) is 0 Å². The molecule has 21 heavy (non-hydrogen) atoms. The fraction of sp³-hybridized carbons (Fsp3) is 0.500. The zero-order valence-corrected chi connectivity index (χ0v) is 12.9. The Labute approximate surface area is 127 Å². The molecule has 6 nitrogen and oxygen atoms in total. The Balaban J connectivity index is 1.76. The molecular weight excluding hydrogens is 288 g/mol. The van der Waals surface area contributed by atoms with Crippen molar-refractivity contribution in [2.75, 3.05) is 20.2 Å². The summed E-state index contributed by atoms with van der Waals surface area (Å²) in [5.41, 5.74) is 1.84. The number of H-pyrrole nitrogens is 1. The van der Waals surface area contributed by atoms with Crippen LogP contribution < -0.4 is 4.74 Å². The second kappa shape index (κ2) is 5.85. The second-order valence-electron chi connectivity index (χ2n) is 5.20. The van der Waals surface area contributed by atoms with E-state index in [4.69, 9.17) is 4.74 Å². The minimum atomic E-state index is 0.0533. The number of ether oxygens (including phenoxy) is 1. The number of likely N-dealkylation sites (tertiary alicyclic amines) is 1. The van der Waals surface area contributed by atoms with Crippen molar-refractivity contribution in [1.29, 1.82) is 0 Å². The number of methoxy groups -OCH3 is 1. The van der Waals surface area contributed by atoms with Crippen molar-refractivity contribution < 1.29 is 9.53 Å². The molecule has 1 atom stereocenters. The van der Waals surface area contributed by atoms with Gasteiger partial charge in [-0.05, 0) is 25.8 Å². The molecule has 3 rings (SSSR count). The Hall–Kier alpha value is -1.89. The molecule has 1 N–H and O–H groups in total. The van der Waals surface area contributed by atoms with Crippen LogP contribution in [0.4, 0.5) is 0 Å². The van der Waals surface area contributed by atoms with Crippen LogP contribution in [0.1, 0.15) is 39.8 Å². The summed E-state index contributed by atoms with van der Waals surface area (Å²) >= 11 is 1.32. The quantitative estimate of drug-likeness (QED) is 0.943. The van der Waals surface area contributed by atoms with Crippen molar-refractivity contribution in [2.24, 2.45) is 0 Å². The molecule has 1 amide bonds. The average Bonchev–Trinajstić information content (AvgIpc) is 3.16. The largest absolute Gasteiger partial charge is 0.473 e. The third kappa shape index (κ3) is 2.78. The number of thiazole rings is 1. The number of nitrogens with zero attached hydrogens (tertiary/aromatic N) is 3. The summed E-state index contributed by atoms with van der Waals surface area (Å²) in [6.07, 6.45) is 3.84. The van der Waals surface area contributed by atoms with Crippen molar-refractivity contribution in [2.45, 2.75) is 25.7 Å². The predicted molar refractivity (Wildman–Crippen MR) is 79.9 cm³/mol. The highest BCUT2D eigenvalue weighted by Gasteiger charge is 2.28. The summed E-state index contributed by atoms with van der Waals surface area (Å²) in [7, 11) is 1.57. The van der Waals surface area contributed by atoms with Gasteiger partial charge in [-0.1, -0.05) is 11.3 Å². The lowest BCUT2D eigenvalue weighted by Gasteiger charge is -2.32. The van der Waals surface area contributed by atoms with Crippen LogP contribution >= 0.6 is 11.3 Å². The molecule has 112 valence electrons. The molecule has 2 aromatic rings. The first-order chi connectivity index (χ1) is 10.2. The van der Waals surface area contributed by atoms with Gasteiger partial charge < -0.3 is 9.64 Å². The van der Waals surface area contributed by atoms with E-state index in [2.05, 4.69) is 15.2 Å². The van der Waals surface area contributed by atoms with Gasteiger partial charge in [-0.25, -0.2) is 4.98 Å². The molecule has 0 unspecified atom stereocenters. The maximum absolute atomic E-state index is 12.7. The third-order valence-corrected chi connectivity index (χ3v) is 4.92. The molecule has 7 heteroatoms. The van der Waals surface area contributed by atoms with Gasteiger partial charge in [0, 0.05) is 30.9 Å². The van der Waals surface area contributed by atoms with Gasteiger partial charge in [0.05, 0.1) is 12.8 Å². The summed E-state index contributed by atoms with van der Waals surface area (Å²) < 4.78 is 5.12. The summed E-state index contributed by atoms with van der Waals surface area (Å²) in [6, 6.07) is 1.99. The standard InChI is InChI=1S/C14H18N4O2S/c1-9-12(21-14(16-9)20-2)13(19)18-7-3-4-10(8-18)11-5-6-15-17-11/h5-6,10H,3-4,7-8H2,1-2H3,(H,15,17)/t10-/m0/s1. The highest BCUT2D eigenvalue weighted by atomic mass is 32.1. The lowest BCUT2D eigenvalue weighted by atomic mass is 9.95. The van der Waals surface area contributed by atoms with Gasteiger partial charge in [0.2, 0.25) is 0 Å². The first kappa shape index (κ1) is 14.1. The van der Waals surface area contributed by atoms with Gasteiger partial charge in [-0.15, -0.1) is 0 Å². The van der Waals surface area contributed by atoms with Gasteiger partial charge in [0.15, 0.2) is 0 Å². The minimum Gasteiger partial charge on any atom is -0.473 e. The van der Waals surface area contributed by atoms with E-state index < -0.39 is 0 Å². The SMILES string of the molecule is COc1nc(C)c(C(=O)N2CCC[C@H](c3ccn[nH]3)C2)s1. The number of rotatable bonds is 3. The second-order valence-corrected chi connectivity index (χ2v) is 6.16. The van der Waals surface area contributed by atoms with Gasteiger partial charge in [-0.3, -0.25) is 9.89 Å². The molecule has 3 heterocycles. The Bertz CT molecular complexity index is 623. The fourth-order valence-corrected chi connectivity index (χ4v) is 3.56. The number of aromatic amines is 1. The fourth-order valence-electron chi connectivity index (χ4n) is 2.71. The van der Waals surface area contributed by atoms with Gasteiger partial charge in [0.25, 0.3) is 11.1 Å². The summed E-state index contributed by atoms with van der Waals surface area (Å²) in [5.74, 6) is 0.387. The number of aryl methyl sites for hydroxylation is 1. The first-order valence-corrected chi connectivity index (χ1v) is 7.80. The maximum atomic E-state index is 12.7. The van der Waals surface area contributed by atoms with Crippen molar-refractivity contribution in [3.8, 4) is 5.19 Å². The molecule has 2 aromatic heterocycles. The topological polar surface area (TPSA) is 71.1 Å². The molecule has 0 spiro atoms. The van der Waals surface area contributed by atoms with Gasteiger partial charge in [0.1, 0.15) is 4.88 Å². The van der Waals surface area contributed by atoms with E-state index in [1.54, 1.807) is 13.3 Å². The lowest BCUT2D eigenvalue weighted by molar-refractivity contribution is 0.0710. The van der Waals surface area contributed by atoms with Crippen LogP contribution in [0, 0.1) is 6.92 Å².